The number of benzene rings is 1. The fourth-order valence-electron chi connectivity index (χ4n) is 4.19. The average molecular weight is 399 g/mol. The lowest BCUT2D eigenvalue weighted by molar-refractivity contribution is -0.127. The van der Waals surface area contributed by atoms with E-state index in [0.29, 0.717) is 11.6 Å². The normalized spacial score (nSPS) is 23.0. The molecule has 2 atom stereocenters. The maximum atomic E-state index is 11.9. The summed E-state index contributed by atoms with van der Waals surface area (Å²) >= 11 is 6.33. The van der Waals surface area contributed by atoms with E-state index in [2.05, 4.69) is 16.1 Å². The van der Waals surface area contributed by atoms with Gasteiger partial charge in [0.05, 0.1) is 6.17 Å². The third-order valence-electron chi connectivity index (χ3n) is 5.62. The molecule has 3 rings (SSSR count). The van der Waals surface area contributed by atoms with Crippen LogP contribution in [0.15, 0.2) is 41.7 Å². The van der Waals surface area contributed by atoms with Crippen LogP contribution in [0, 0.1) is 12.3 Å². The second-order valence-electron chi connectivity index (χ2n) is 7.56. The highest BCUT2D eigenvalue weighted by atomic mass is 35.5. The van der Waals surface area contributed by atoms with Crippen molar-refractivity contribution in [1.82, 2.24) is 10.2 Å². The Balaban J connectivity index is 1.93. The number of carbonyl (C=O) groups excluding carboxylic acids is 1. The monoisotopic (exact) mass is 398 g/mol. The Morgan fingerprint density at radius 2 is 2.18 bits per heavy atom. The number of carbonyl (C=O) groups is 1. The summed E-state index contributed by atoms with van der Waals surface area (Å²) in [4.78, 5) is 16.1. The lowest BCUT2D eigenvalue weighted by Crippen LogP contribution is -2.44. The first kappa shape index (κ1) is 20.3. The summed E-state index contributed by atoms with van der Waals surface area (Å²) in [6.07, 6.45) is 9.78. The van der Waals surface area contributed by atoms with E-state index in [1.165, 1.54) is 5.56 Å². The van der Waals surface area contributed by atoms with E-state index in [-0.39, 0.29) is 11.3 Å². The van der Waals surface area contributed by atoms with Gasteiger partial charge in [-0.05, 0) is 61.8 Å². The van der Waals surface area contributed by atoms with Gasteiger partial charge >= 0.3 is 0 Å². The lowest BCUT2D eigenvalue weighted by Gasteiger charge is -2.29. The van der Waals surface area contributed by atoms with Crippen molar-refractivity contribution in [2.75, 3.05) is 24.5 Å². The summed E-state index contributed by atoms with van der Waals surface area (Å²) in [6, 6.07) is 5.98. The van der Waals surface area contributed by atoms with Crippen LogP contribution in [-0.2, 0) is 10.2 Å². The van der Waals surface area contributed by atoms with Crippen LogP contribution in [0.1, 0.15) is 32.8 Å². The summed E-state index contributed by atoms with van der Waals surface area (Å²) < 4.78 is 0. The van der Waals surface area contributed by atoms with E-state index >= 15 is 0 Å². The van der Waals surface area contributed by atoms with Crippen LogP contribution in [0.5, 0.6) is 0 Å². The minimum absolute atomic E-state index is 0.111. The van der Waals surface area contributed by atoms with Crippen molar-refractivity contribution in [3.63, 3.8) is 0 Å². The molecular formula is C22H27ClN4O. The number of allylic oxidation sites excluding steroid dienone is 2. The van der Waals surface area contributed by atoms with Gasteiger partial charge in [-0.15, -0.1) is 6.42 Å². The number of rotatable bonds is 4. The predicted octanol–water partition coefficient (Wildman–Crippen LogP) is 2.97. The third-order valence-corrected chi connectivity index (χ3v) is 5.85. The van der Waals surface area contributed by atoms with Gasteiger partial charge in [0.1, 0.15) is 5.82 Å². The van der Waals surface area contributed by atoms with Crippen molar-refractivity contribution in [2.45, 2.75) is 38.8 Å². The minimum Gasteiger partial charge on any atom is -0.353 e. The number of halogens is 1. The highest BCUT2D eigenvalue weighted by Crippen LogP contribution is 2.48. The number of nitrogens with one attached hydrogen (secondary N) is 1. The highest BCUT2D eigenvalue weighted by molar-refractivity contribution is 6.30. The fraction of sp³-hybridized carbons (Fsp3) is 0.409. The molecular weight excluding hydrogens is 372 g/mol. The second kappa shape index (κ2) is 7.90. The zero-order valence-electron chi connectivity index (χ0n) is 16.6. The summed E-state index contributed by atoms with van der Waals surface area (Å²) in [6.45, 7) is 7.69. The molecule has 1 aromatic carbocycles. The van der Waals surface area contributed by atoms with Gasteiger partial charge in [-0.3, -0.25) is 4.79 Å². The zero-order chi connectivity index (χ0) is 20.5. The highest BCUT2D eigenvalue weighted by Gasteiger charge is 2.48. The smallest absolute Gasteiger partial charge is 0.219 e. The number of likely N-dealkylation sites (tertiary alicyclic amines) is 1. The molecule has 0 aliphatic carbocycles. The summed E-state index contributed by atoms with van der Waals surface area (Å²) in [5.74, 6) is 3.61. The standard InChI is InChI=1S/C22H27ClN4O/c1-5-15(3)11-20(24)25-21(6-2)27-14-22(9-10-26(13-22)16(4)28)18-12-17(23)7-8-19(18)27/h1,6-8,11-12,20,25H,9-10,13-14,24H2,2-4H3/b15-11-,21-6?. The molecule has 5 nitrogen and oxygen atoms in total. The fourth-order valence-corrected chi connectivity index (χ4v) is 4.37. The van der Waals surface area contributed by atoms with Crippen LogP contribution in [0.4, 0.5) is 5.69 Å². The number of nitrogens with two attached hydrogens (primary N) is 1. The average Bonchev–Trinajstić information content (AvgIpc) is 3.22. The molecule has 1 fully saturated rings. The van der Waals surface area contributed by atoms with E-state index in [0.717, 1.165) is 36.6 Å². The number of amides is 1. The molecule has 1 saturated heterocycles. The van der Waals surface area contributed by atoms with E-state index in [4.69, 9.17) is 23.8 Å². The van der Waals surface area contributed by atoms with Crippen molar-refractivity contribution >= 4 is 23.2 Å². The summed E-state index contributed by atoms with van der Waals surface area (Å²) in [7, 11) is 0. The molecule has 0 saturated carbocycles. The summed E-state index contributed by atoms with van der Waals surface area (Å²) in [5.41, 5.74) is 9.16. The van der Waals surface area contributed by atoms with Crippen LogP contribution in [-0.4, -0.2) is 36.6 Å². The molecule has 2 aliphatic rings. The van der Waals surface area contributed by atoms with Crippen molar-refractivity contribution in [3.8, 4) is 12.3 Å². The van der Waals surface area contributed by atoms with E-state index in [9.17, 15) is 4.79 Å². The first-order chi connectivity index (χ1) is 13.3. The maximum Gasteiger partial charge on any atom is 0.219 e. The Morgan fingerprint density at radius 3 is 2.79 bits per heavy atom. The van der Waals surface area contributed by atoms with Gasteiger partial charge in [0.2, 0.25) is 5.91 Å². The Bertz CT molecular complexity index is 885. The van der Waals surface area contributed by atoms with Gasteiger partial charge in [-0.2, -0.15) is 0 Å². The molecule has 0 bridgehead atoms. The Kier molecular flexibility index (Phi) is 5.74. The minimum atomic E-state index is -0.396. The van der Waals surface area contributed by atoms with Gasteiger partial charge in [-0.25, -0.2) is 0 Å². The first-order valence-electron chi connectivity index (χ1n) is 9.46. The Morgan fingerprint density at radius 1 is 1.43 bits per heavy atom. The van der Waals surface area contributed by atoms with Gasteiger partial charge in [-0.1, -0.05) is 17.5 Å². The predicted molar refractivity (Wildman–Crippen MR) is 115 cm³/mol. The largest absolute Gasteiger partial charge is 0.353 e. The van der Waals surface area contributed by atoms with Crippen LogP contribution in [0.25, 0.3) is 0 Å². The Hall–Kier alpha value is -2.42. The first-order valence-corrected chi connectivity index (χ1v) is 9.84. The Labute approximate surface area is 172 Å². The third kappa shape index (κ3) is 3.76. The van der Waals surface area contributed by atoms with Crippen molar-refractivity contribution < 1.29 is 4.79 Å². The number of nitrogens with zero attached hydrogens (tertiary/aromatic N) is 2. The number of hydrogen-bond acceptors (Lipinski definition) is 4. The molecule has 2 heterocycles. The molecule has 1 aromatic rings. The number of anilines is 1. The molecule has 2 unspecified atom stereocenters. The summed E-state index contributed by atoms with van der Waals surface area (Å²) in [5, 5.41) is 4.06. The van der Waals surface area contributed by atoms with Gasteiger partial charge in [0, 0.05) is 42.7 Å². The maximum absolute atomic E-state index is 11.9. The molecule has 148 valence electrons. The zero-order valence-corrected chi connectivity index (χ0v) is 17.4. The molecule has 1 spiro atoms. The van der Waals surface area contributed by atoms with Crippen LogP contribution in [0.2, 0.25) is 5.02 Å². The molecule has 1 amide bonds. The molecule has 0 aromatic heterocycles. The van der Waals surface area contributed by atoms with Crippen LogP contribution < -0.4 is 16.0 Å². The number of fused-ring (bicyclic) bond motifs is 2. The number of terminal acetylenes is 1. The van der Waals surface area contributed by atoms with Gasteiger partial charge < -0.3 is 20.9 Å². The topological polar surface area (TPSA) is 61.6 Å². The van der Waals surface area contributed by atoms with Crippen LogP contribution >= 0.6 is 11.6 Å². The molecule has 0 radical (unpaired) electrons. The van der Waals surface area contributed by atoms with E-state index in [1.54, 1.807) is 6.92 Å². The lowest BCUT2D eigenvalue weighted by atomic mass is 9.81. The molecule has 2 aliphatic heterocycles. The SMILES string of the molecule is C#C/C(C)=C\C(N)NC(=CC)N1CC2(CCN(C(C)=O)C2)c2cc(Cl)ccc21. The number of hydrogen-bond donors (Lipinski definition) is 2. The second-order valence-corrected chi connectivity index (χ2v) is 7.99. The van der Waals surface area contributed by atoms with Crippen LogP contribution in [0.3, 0.4) is 0 Å². The van der Waals surface area contributed by atoms with Gasteiger partial charge in [0.15, 0.2) is 0 Å². The van der Waals surface area contributed by atoms with Crippen molar-refractivity contribution in [2.24, 2.45) is 5.73 Å². The van der Waals surface area contributed by atoms with Crippen molar-refractivity contribution in [3.05, 3.63) is 52.3 Å². The van der Waals surface area contributed by atoms with Crippen molar-refractivity contribution in [1.29, 1.82) is 0 Å². The van der Waals surface area contributed by atoms with E-state index in [1.807, 2.05) is 49.1 Å². The quantitative estimate of drug-likeness (QED) is 0.604. The van der Waals surface area contributed by atoms with Gasteiger partial charge in [0.25, 0.3) is 0 Å². The molecule has 28 heavy (non-hydrogen) atoms. The molecule has 3 N–H and O–H groups in total. The van der Waals surface area contributed by atoms with E-state index < -0.39 is 6.17 Å². The molecule has 6 heteroatoms.